The summed E-state index contributed by atoms with van der Waals surface area (Å²) >= 11 is 1.66. The molecule has 0 unspecified atom stereocenters. The molecule has 0 saturated carbocycles. The molecule has 0 saturated heterocycles. The van der Waals surface area contributed by atoms with Crippen molar-refractivity contribution in [3.63, 3.8) is 0 Å². The summed E-state index contributed by atoms with van der Waals surface area (Å²) in [6.07, 6.45) is -0.507. The number of benzene rings is 1. The first-order valence-electron chi connectivity index (χ1n) is 8.06. The number of thiophene rings is 1. The Morgan fingerprint density at radius 2 is 2.08 bits per heavy atom. The summed E-state index contributed by atoms with van der Waals surface area (Å²) in [6, 6.07) is 10.0. The standard InChI is InChI=1S/C18H23NO4S/c1-19(11-15(20)12-21-13-16-3-2-8-24-16)10-14-4-5-17-18(9-14)23-7-6-22-17/h2-5,8-9,15,20H,6-7,10-13H2,1H3/t15-/m1/s1. The Morgan fingerprint density at radius 1 is 1.25 bits per heavy atom. The van der Waals surface area contributed by atoms with Gasteiger partial charge in [0.15, 0.2) is 11.5 Å². The second-order valence-corrected chi connectivity index (χ2v) is 6.96. The van der Waals surface area contributed by atoms with Crippen LogP contribution < -0.4 is 9.47 Å². The fourth-order valence-electron chi connectivity index (χ4n) is 2.67. The van der Waals surface area contributed by atoms with E-state index in [1.54, 1.807) is 11.3 Å². The number of aliphatic hydroxyl groups is 1. The quantitative estimate of drug-likeness (QED) is 0.794. The van der Waals surface area contributed by atoms with Gasteiger partial charge in [-0.25, -0.2) is 0 Å². The molecule has 130 valence electrons. The summed E-state index contributed by atoms with van der Waals surface area (Å²) in [7, 11) is 1.99. The largest absolute Gasteiger partial charge is 0.486 e. The van der Waals surface area contributed by atoms with Gasteiger partial charge in [-0.3, -0.25) is 4.90 Å². The highest BCUT2D eigenvalue weighted by Crippen LogP contribution is 2.31. The van der Waals surface area contributed by atoms with Gasteiger partial charge in [-0.2, -0.15) is 0 Å². The molecule has 24 heavy (non-hydrogen) atoms. The Bertz CT molecular complexity index is 632. The van der Waals surface area contributed by atoms with Crippen LogP contribution in [-0.2, 0) is 17.9 Å². The monoisotopic (exact) mass is 349 g/mol. The minimum Gasteiger partial charge on any atom is -0.486 e. The predicted molar refractivity (Wildman–Crippen MR) is 93.7 cm³/mol. The van der Waals surface area contributed by atoms with Crippen molar-refractivity contribution >= 4 is 11.3 Å². The van der Waals surface area contributed by atoms with Crippen molar-refractivity contribution in [2.45, 2.75) is 19.3 Å². The summed E-state index contributed by atoms with van der Waals surface area (Å²) in [5, 5.41) is 12.1. The normalized spacial score (nSPS) is 14.8. The van der Waals surface area contributed by atoms with E-state index in [1.165, 1.54) is 4.88 Å². The number of hydrogen-bond donors (Lipinski definition) is 1. The van der Waals surface area contributed by atoms with Gasteiger partial charge in [0.2, 0.25) is 0 Å². The zero-order valence-corrected chi connectivity index (χ0v) is 14.6. The van der Waals surface area contributed by atoms with E-state index in [0.717, 1.165) is 23.6 Å². The van der Waals surface area contributed by atoms with Crippen molar-refractivity contribution in [1.82, 2.24) is 4.90 Å². The summed E-state index contributed by atoms with van der Waals surface area (Å²) in [5.41, 5.74) is 1.13. The summed E-state index contributed by atoms with van der Waals surface area (Å²) in [4.78, 5) is 3.25. The van der Waals surface area contributed by atoms with Crippen LogP contribution in [-0.4, -0.2) is 49.5 Å². The van der Waals surface area contributed by atoms with Crippen molar-refractivity contribution in [2.75, 3.05) is 33.4 Å². The van der Waals surface area contributed by atoms with Crippen LogP contribution >= 0.6 is 11.3 Å². The van der Waals surface area contributed by atoms with E-state index in [4.69, 9.17) is 14.2 Å². The van der Waals surface area contributed by atoms with Gasteiger partial charge in [0.25, 0.3) is 0 Å². The number of likely N-dealkylation sites (N-methyl/N-ethyl adjacent to an activating group) is 1. The molecule has 1 aromatic carbocycles. The molecule has 0 fully saturated rings. The van der Waals surface area contributed by atoms with Gasteiger partial charge < -0.3 is 19.3 Å². The van der Waals surface area contributed by atoms with Crippen LogP contribution in [0, 0.1) is 0 Å². The zero-order chi connectivity index (χ0) is 16.8. The number of fused-ring (bicyclic) bond motifs is 1. The summed E-state index contributed by atoms with van der Waals surface area (Å²) in [5.74, 6) is 1.60. The Balaban J connectivity index is 1.42. The Kier molecular flexibility index (Phi) is 6.09. The van der Waals surface area contributed by atoms with Crippen molar-refractivity contribution in [2.24, 2.45) is 0 Å². The number of nitrogens with zero attached hydrogens (tertiary/aromatic N) is 1. The number of hydrogen-bond acceptors (Lipinski definition) is 6. The topological polar surface area (TPSA) is 51.2 Å². The number of rotatable bonds is 8. The Morgan fingerprint density at radius 3 is 2.88 bits per heavy atom. The average Bonchev–Trinajstić information content (AvgIpc) is 3.08. The maximum Gasteiger partial charge on any atom is 0.161 e. The van der Waals surface area contributed by atoms with Crippen LogP contribution in [0.4, 0.5) is 0 Å². The van der Waals surface area contributed by atoms with Crippen LogP contribution in [0.5, 0.6) is 11.5 Å². The third-order valence-electron chi connectivity index (χ3n) is 3.72. The van der Waals surface area contributed by atoms with E-state index < -0.39 is 6.10 Å². The molecule has 0 spiro atoms. The van der Waals surface area contributed by atoms with E-state index >= 15 is 0 Å². The van der Waals surface area contributed by atoms with Gasteiger partial charge in [-0.1, -0.05) is 12.1 Å². The van der Waals surface area contributed by atoms with Gasteiger partial charge in [0, 0.05) is 18.0 Å². The lowest BCUT2D eigenvalue weighted by molar-refractivity contribution is 0.0135. The SMILES string of the molecule is CN(Cc1ccc2c(c1)OCCO2)C[C@@H](O)COCc1cccs1. The second-order valence-electron chi connectivity index (χ2n) is 5.92. The lowest BCUT2D eigenvalue weighted by Gasteiger charge is -2.22. The Hall–Kier alpha value is -1.60. The molecule has 3 rings (SSSR count). The summed E-state index contributed by atoms with van der Waals surface area (Å²) in [6.45, 7) is 3.37. The molecule has 1 atom stereocenters. The molecule has 0 bridgehead atoms. The molecule has 1 aromatic heterocycles. The molecule has 0 radical (unpaired) electrons. The minimum absolute atomic E-state index is 0.337. The van der Waals surface area contributed by atoms with E-state index in [9.17, 15) is 5.11 Å². The molecular weight excluding hydrogens is 326 g/mol. The van der Waals surface area contributed by atoms with E-state index in [0.29, 0.717) is 33.0 Å². The van der Waals surface area contributed by atoms with Crippen molar-refractivity contribution in [3.8, 4) is 11.5 Å². The Labute approximate surface area is 146 Å². The molecule has 1 aliphatic rings. The summed E-state index contributed by atoms with van der Waals surface area (Å²) < 4.78 is 16.7. The van der Waals surface area contributed by atoms with E-state index in [2.05, 4.69) is 4.90 Å². The van der Waals surface area contributed by atoms with Crippen molar-refractivity contribution < 1.29 is 19.3 Å². The van der Waals surface area contributed by atoms with Gasteiger partial charge in [0.05, 0.1) is 19.3 Å². The molecule has 6 heteroatoms. The molecule has 0 aliphatic carbocycles. The fourth-order valence-corrected chi connectivity index (χ4v) is 3.31. The first kappa shape index (κ1) is 17.2. The molecule has 2 aromatic rings. The van der Waals surface area contributed by atoms with Crippen LogP contribution in [0.15, 0.2) is 35.7 Å². The van der Waals surface area contributed by atoms with Gasteiger partial charge in [-0.05, 0) is 36.2 Å². The molecule has 5 nitrogen and oxygen atoms in total. The molecular formula is C18H23NO4S. The van der Waals surface area contributed by atoms with Crippen LogP contribution in [0.2, 0.25) is 0 Å². The van der Waals surface area contributed by atoms with Crippen LogP contribution in [0.1, 0.15) is 10.4 Å². The molecule has 0 amide bonds. The number of ether oxygens (including phenoxy) is 3. The third-order valence-corrected chi connectivity index (χ3v) is 4.57. The van der Waals surface area contributed by atoms with E-state index in [1.807, 2.05) is 42.8 Å². The highest BCUT2D eigenvalue weighted by atomic mass is 32.1. The van der Waals surface area contributed by atoms with Gasteiger partial charge >= 0.3 is 0 Å². The minimum atomic E-state index is -0.507. The smallest absolute Gasteiger partial charge is 0.161 e. The molecule has 1 N–H and O–H groups in total. The van der Waals surface area contributed by atoms with Gasteiger partial charge in [0.1, 0.15) is 13.2 Å². The van der Waals surface area contributed by atoms with E-state index in [-0.39, 0.29) is 0 Å². The fraction of sp³-hybridized carbons (Fsp3) is 0.444. The second kappa shape index (κ2) is 8.48. The first-order chi connectivity index (χ1) is 11.7. The maximum absolute atomic E-state index is 10.1. The van der Waals surface area contributed by atoms with Crippen molar-refractivity contribution in [3.05, 3.63) is 46.2 Å². The van der Waals surface area contributed by atoms with Gasteiger partial charge in [-0.15, -0.1) is 11.3 Å². The van der Waals surface area contributed by atoms with Crippen molar-refractivity contribution in [1.29, 1.82) is 0 Å². The average molecular weight is 349 g/mol. The first-order valence-corrected chi connectivity index (χ1v) is 8.94. The highest BCUT2D eigenvalue weighted by molar-refractivity contribution is 7.09. The number of aliphatic hydroxyl groups excluding tert-OH is 1. The molecule has 1 aliphatic heterocycles. The lowest BCUT2D eigenvalue weighted by Crippen LogP contribution is -2.31. The molecule has 2 heterocycles. The lowest BCUT2D eigenvalue weighted by atomic mass is 10.2. The zero-order valence-electron chi connectivity index (χ0n) is 13.8. The predicted octanol–water partition coefficient (Wildman–Crippen LogP) is 2.53. The highest BCUT2D eigenvalue weighted by Gasteiger charge is 2.14. The maximum atomic E-state index is 10.1. The van der Waals surface area contributed by atoms with Crippen LogP contribution in [0.25, 0.3) is 0 Å². The van der Waals surface area contributed by atoms with Crippen LogP contribution in [0.3, 0.4) is 0 Å². The third kappa shape index (κ3) is 4.95.